The predicted octanol–water partition coefficient (Wildman–Crippen LogP) is 3.36. The monoisotopic (exact) mass is 289 g/mol. The van der Waals surface area contributed by atoms with E-state index in [-0.39, 0.29) is 11.1 Å². The van der Waals surface area contributed by atoms with Crippen molar-refractivity contribution in [2.75, 3.05) is 24.3 Å². The zero-order valence-corrected chi connectivity index (χ0v) is 12.4. The average molecular weight is 290 g/mol. The molecule has 0 atom stereocenters. The Balaban J connectivity index is 2.24. The van der Waals surface area contributed by atoms with Gasteiger partial charge in [0.25, 0.3) is 5.91 Å². The Hall–Kier alpha value is -2.07. The Morgan fingerprint density at radius 3 is 2.75 bits per heavy atom. The van der Waals surface area contributed by atoms with Crippen molar-refractivity contribution in [3.8, 4) is 0 Å². The van der Waals surface area contributed by atoms with Crippen LogP contribution in [0.3, 0.4) is 0 Å². The normalized spacial score (nSPS) is 10.2. The first-order valence-electron chi connectivity index (χ1n) is 6.18. The number of carbonyl (C=O) groups is 1. The Labute approximate surface area is 123 Å². The second-order valence-electron chi connectivity index (χ2n) is 4.75. The van der Waals surface area contributed by atoms with Gasteiger partial charge in [0, 0.05) is 31.5 Å². The number of hydrogen-bond acceptors (Lipinski definition) is 3. The molecule has 1 heterocycles. The van der Waals surface area contributed by atoms with Crippen LogP contribution in [0.2, 0.25) is 5.15 Å². The van der Waals surface area contributed by atoms with Crippen LogP contribution in [0.1, 0.15) is 15.9 Å². The van der Waals surface area contributed by atoms with E-state index in [0.717, 1.165) is 11.3 Å². The van der Waals surface area contributed by atoms with Gasteiger partial charge in [0.05, 0.1) is 5.69 Å². The second kappa shape index (κ2) is 5.92. The van der Waals surface area contributed by atoms with Gasteiger partial charge in [-0.25, -0.2) is 4.98 Å². The fourth-order valence-electron chi connectivity index (χ4n) is 1.76. The third-order valence-corrected chi connectivity index (χ3v) is 3.15. The predicted molar refractivity (Wildman–Crippen MR) is 82.7 cm³/mol. The maximum atomic E-state index is 12.2. The van der Waals surface area contributed by atoms with Crippen LogP contribution in [0.25, 0.3) is 0 Å². The summed E-state index contributed by atoms with van der Waals surface area (Å²) in [5.41, 5.74) is 3.00. The first kappa shape index (κ1) is 14.3. The molecule has 1 N–H and O–H groups in total. The van der Waals surface area contributed by atoms with Gasteiger partial charge in [-0.05, 0) is 36.8 Å². The highest BCUT2D eigenvalue weighted by molar-refractivity contribution is 6.32. The van der Waals surface area contributed by atoms with Gasteiger partial charge >= 0.3 is 0 Å². The number of nitrogens with one attached hydrogen (secondary N) is 1. The van der Waals surface area contributed by atoms with Crippen LogP contribution in [0, 0.1) is 6.92 Å². The molecule has 0 bridgehead atoms. The number of pyridine rings is 1. The molecule has 4 nitrogen and oxygen atoms in total. The highest BCUT2D eigenvalue weighted by atomic mass is 35.5. The van der Waals surface area contributed by atoms with Crippen LogP contribution in [0.5, 0.6) is 0 Å². The fourth-order valence-corrected chi connectivity index (χ4v) is 1.91. The zero-order valence-electron chi connectivity index (χ0n) is 11.6. The van der Waals surface area contributed by atoms with Crippen molar-refractivity contribution in [2.24, 2.45) is 0 Å². The van der Waals surface area contributed by atoms with Crippen LogP contribution in [-0.2, 0) is 0 Å². The van der Waals surface area contributed by atoms with Gasteiger partial charge in [0.1, 0.15) is 0 Å². The van der Waals surface area contributed by atoms with Crippen molar-refractivity contribution in [1.29, 1.82) is 0 Å². The van der Waals surface area contributed by atoms with E-state index in [9.17, 15) is 4.79 Å². The number of rotatable bonds is 3. The summed E-state index contributed by atoms with van der Waals surface area (Å²) in [5.74, 6) is -0.206. The van der Waals surface area contributed by atoms with E-state index in [2.05, 4.69) is 10.3 Å². The first-order chi connectivity index (χ1) is 9.47. The molecule has 0 radical (unpaired) electrons. The van der Waals surface area contributed by atoms with Crippen LogP contribution in [0.15, 0.2) is 36.5 Å². The molecule has 0 aliphatic carbocycles. The lowest BCUT2D eigenvalue weighted by Crippen LogP contribution is -2.14. The summed E-state index contributed by atoms with van der Waals surface area (Å²) < 4.78 is 0. The van der Waals surface area contributed by atoms with Gasteiger partial charge in [0.15, 0.2) is 5.15 Å². The largest absolute Gasteiger partial charge is 0.378 e. The van der Waals surface area contributed by atoms with E-state index in [0.29, 0.717) is 11.3 Å². The summed E-state index contributed by atoms with van der Waals surface area (Å²) in [6.45, 7) is 1.89. The second-order valence-corrected chi connectivity index (χ2v) is 5.11. The molecule has 0 aliphatic rings. The minimum atomic E-state index is -0.206. The van der Waals surface area contributed by atoms with Crippen LogP contribution >= 0.6 is 11.6 Å². The number of carbonyl (C=O) groups excluding carboxylic acids is 1. The van der Waals surface area contributed by atoms with E-state index in [1.165, 1.54) is 0 Å². The molecule has 104 valence electrons. The number of benzene rings is 1. The Kier molecular flexibility index (Phi) is 4.25. The van der Waals surface area contributed by atoms with Gasteiger partial charge in [-0.2, -0.15) is 0 Å². The van der Waals surface area contributed by atoms with Crippen molar-refractivity contribution < 1.29 is 4.79 Å². The van der Waals surface area contributed by atoms with E-state index in [1.807, 2.05) is 44.1 Å². The lowest BCUT2D eigenvalue weighted by atomic mass is 10.1. The third-order valence-electron chi connectivity index (χ3n) is 2.85. The van der Waals surface area contributed by atoms with Gasteiger partial charge in [0.2, 0.25) is 0 Å². The highest BCUT2D eigenvalue weighted by Crippen LogP contribution is 2.21. The molecule has 2 rings (SSSR count). The molecule has 0 fully saturated rings. The van der Waals surface area contributed by atoms with Crippen molar-refractivity contribution in [3.63, 3.8) is 0 Å². The van der Waals surface area contributed by atoms with Crippen LogP contribution in [-0.4, -0.2) is 25.0 Å². The SMILES string of the molecule is Cc1cnc(Cl)c(NC(=O)c2cccc(N(C)C)c2)c1. The quantitative estimate of drug-likeness (QED) is 0.881. The molecular weight excluding hydrogens is 274 g/mol. The van der Waals surface area contributed by atoms with Gasteiger partial charge < -0.3 is 10.2 Å². The maximum absolute atomic E-state index is 12.2. The number of amides is 1. The smallest absolute Gasteiger partial charge is 0.255 e. The van der Waals surface area contributed by atoms with E-state index < -0.39 is 0 Å². The summed E-state index contributed by atoms with van der Waals surface area (Å²) in [5, 5.41) is 3.07. The van der Waals surface area contributed by atoms with E-state index >= 15 is 0 Å². The number of hydrogen-bond donors (Lipinski definition) is 1. The molecule has 20 heavy (non-hydrogen) atoms. The maximum Gasteiger partial charge on any atom is 0.255 e. The highest BCUT2D eigenvalue weighted by Gasteiger charge is 2.10. The minimum Gasteiger partial charge on any atom is -0.378 e. The minimum absolute atomic E-state index is 0.206. The molecule has 0 unspecified atom stereocenters. The summed E-state index contributed by atoms with van der Waals surface area (Å²) >= 11 is 5.98. The number of halogens is 1. The topological polar surface area (TPSA) is 45.2 Å². The number of aryl methyl sites for hydroxylation is 1. The van der Waals surface area contributed by atoms with Crippen LogP contribution in [0.4, 0.5) is 11.4 Å². The van der Waals surface area contributed by atoms with E-state index in [4.69, 9.17) is 11.6 Å². The molecule has 1 aromatic heterocycles. The first-order valence-corrected chi connectivity index (χ1v) is 6.56. The van der Waals surface area contributed by atoms with Gasteiger partial charge in [-0.1, -0.05) is 17.7 Å². The van der Waals surface area contributed by atoms with Crippen LogP contribution < -0.4 is 10.2 Å². The number of nitrogens with zero attached hydrogens (tertiary/aromatic N) is 2. The summed E-state index contributed by atoms with van der Waals surface area (Å²) in [6.07, 6.45) is 1.66. The summed E-state index contributed by atoms with van der Waals surface area (Å²) in [7, 11) is 3.86. The standard InChI is InChI=1S/C15H16ClN3O/c1-10-7-13(14(16)17-9-10)18-15(20)11-5-4-6-12(8-11)19(2)3/h4-9H,1-3H3,(H,18,20). The molecule has 0 spiro atoms. The summed E-state index contributed by atoms with van der Waals surface area (Å²) in [4.78, 5) is 18.2. The molecule has 5 heteroatoms. The number of aromatic nitrogens is 1. The molecule has 1 amide bonds. The lowest BCUT2D eigenvalue weighted by Gasteiger charge is -2.13. The Morgan fingerprint density at radius 1 is 1.30 bits per heavy atom. The fraction of sp³-hybridized carbons (Fsp3) is 0.200. The molecular formula is C15H16ClN3O. The average Bonchev–Trinajstić information content (AvgIpc) is 2.43. The Morgan fingerprint density at radius 2 is 2.05 bits per heavy atom. The molecule has 0 saturated heterocycles. The van der Waals surface area contributed by atoms with E-state index in [1.54, 1.807) is 18.3 Å². The van der Waals surface area contributed by atoms with Crippen molar-refractivity contribution >= 4 is 28.9 Å². The van der Waals surface area contributed by atoms with Crippen molar-refractivity contribution in [2.45, 2.75) is 6.92 Å². The molecule has 0 saturated carbocycles. The molecule has 0 aliphatic heterocycles. The third kappa shape index (κ3) is 3.27. The molecule has 1 aromatic carbocycles. The van der Waals surface area contributed by atoms with Gasteiger partial charge in [-0.3, -0.25) is 4.79 Å². The lowest BCUT2D eigenvalue weighted by molar-refractivity contribution is 0.102. The van der Waals surface area contributed by atoms with Crippen molar-refractivity contribution in [1.82, 2.24) is 4.98 Å². The molecule has 2 aromatic rings. The Bertz CT molecular complexity index is 641. The summed E-state index contributed by atoms with van der Waals surface area (Å²) in [6, 6.07) is 9.17. The van der Waals surface area contributed by atoms with Gasteiger partial charge in [-0.15, -0.1) is 0 Å². The zero-order chi connectivity index (χ0) is 14.7. The van der Waals surface area contributed by atoms with Crippen molar-refractivity contribution in [3.05, 3.63) is 52.8 Å². The number of anilines is 2.